The van der Waals surface area contributed by atoms with Gasteiger partial charge >= 0.3 is 0 Å². The lowest BCUT2D eigenvalue weighted by atomic mass is 9.93. The van der Waals surface area contributed by atoms with Gasteiger partial charge in [0.1, 0.15) is 11.4 Å². The van der Waals surface area contributed by atoms with Crippen LogP contribution < -0.4 is 15.4 Å². The fourth-order valence-electron chi connectivity index (χ4n) is 2.63. The second kappa shape index (κ2) is 5.19. The van der Waals surface area contributed by atoms with Crippen LogP contribution in [0.25, 0.3) is 0 Å². The minimum absolute atomic E-state index is 0.0581. The van der Waals surface area contributed by atoms with Gasteiger partial charge in [-0.1, -0.05) is 19.9 Å². The molecule has 1 aliphatic rings. The van der Waals surface area contributed by atoms with Crippen LogP contribution in [0.15, 0.2) is 18.2 Å². The van der Waals surface area contributed by atoms with Crippen LogP contribution in [-0.2, 0) is 0 Å². The molecule has 0 fully saturated rings. The fourth-order valence-corrected chi connectivity index (χ4v) is 2.63. The Morgan fingerprint density at radius 1 is 1.33 bits per heavy atom. The summed E-state index contributed by atoms with van der Waals surface area (Å²) in [7, 11) is 0. The predicted molar refractivity (Wildman–Crippen MR) is 76.4 cm³/mol. The van der Waals surface area contributed by atoms with Gasteiger partial charge in [0.15, 0.2) is 0 Å². The number of fused-ring (bicyclic) bond motifs is 1. The Bertz CT molecular complexity index is 413. The van der Waals surface area contributed by atoms with Crippen molar-refractivity contribution in [1.29, 1.82) is 0 Å². The minimum Gasteiger partial charge on any atom is -0.483 e. The molecule has 1 heterocycles. The van der Waals surface area contributed by atoms with Crippen LogP contribution in [0.4, 0.5) is 5.69 Å². The lowest BCUT2D eigenvalue weighted by Gasteiger charge is -2.44. The first-order valence-electron chi connectivity index (χ1n) is 6.89. The zero-order valence-electron chi connectivity index (χ0n) is 11.7. The number of benzene rings is 1. The number of hydrogen-bond donors (Lipinski definition) is 1. The summed E-state index contributed by atoms with van der Waals surface area (Å²) in [6.07, 6.45) is 2.05. The molecule has 1 aromatic rings. The maximum absolute atomic E-state index is 6.27. The highest BCUT2D eigenvalue weighted by atomic mass is 16.5. The first-order chi connectivity index (χ1) is 8.64. The molecule has 0 saturated carbocycles. The average molecular weight is 248 g/mol. The SMILES string of the molecule is CCC1(CC)CN(CCN)c2cc(C)ccc2O1. The van der Waals surface area contributed by atoms with Crippen molar-refractivity contribution in [3.8, 4) is 5.75 Å². The quantitative estimate of drug-likeness (QED) is 0.890. The van der Waals surface area contributed by atoms with Crippen molar-refractivity contribution in [2.75, 3.05) is 24.5 Å². The highest BCUT2D eigenvalue weighted by molar-refractivity contribution is 5.62. The Hall–Kier alpha value is -1.22. The smallest absolute Gasteiger partial charge is 0.143 e. The maximum Gasteiger partial charge on any atom is 0.143 e. The molecule has 0 radical (unpaired) electrons. The predicted octanol–water partition coefficient (Wildman–Crippen LogP) is 2.71. The Morgan fingerprint density at radius 2 is 2.06 bits per heavy atom. The highest BCUT2D eigenvalue weighted by Crippen LogP contribution is 2.39. The van der Waals surface area contributed by atoms with Crippen LogP contribution in [0.5, 0.6) is 5.75 Å². The van der Waals surface area contributed by atoms with E-state index in [1.165, 1.54) is 11.3 Å². The van der Waals surface area contributed by atoms with E-state index in [2.05, 4.69) is 43.9 Å². The molecule has 0 amide bonds. The molecule has 0 spiro atoms. The molecule has 3 heteroatoms. The Balaban J connectivity index is 2.39. The van der Waals surface area contributed by atoms with E-state index in [0.29, 0.717) is 6.54 Å². The minimum atomic E-state index is -0.0581. The monoisotopic (exact) mass is 248 g/mol. The summed E-state index contributed by atoms with van der Waals surface area (Å²) in [5.74, 6) is 1.00. The van der Waals surface area contributed by atoms with Gasteiger partial charge in [0.2, 0.25) is 0 Å². The van der Waals surface area contributed by atoms with Crippen LogP contribution >= 0.6 is 0 Å². The third kappa shape index (κ3) is 2.32. The van der Waals surface area contributed by atoms with E-state index in [9.17, 15) is 0 Å². The molecule has 1 aliphatic heterocycles. The molecule has 18 heavy (non-hydrogen) atoms. The molecule has 3 nitrogen and oxygen atoms in total. The van der Waals surface area contributed by atoms with Gasteiger partial charge in [-0.05, 0) is 37.5 Å². The number of hydrogen-bond acceptors (Lipinski definition) is 3. The summed E-state index contributed by atoms with van der Waals surface area (Å²) in [6.45, 7) is 9.02. The molecule has 1 aromatic carbocycles. The molecule has 0 aliphatic carbocycles. The number of anilines is 1. The lowest BCUT2D eigenvalue weighted by molar-refractivity contribution is 0.0576. The summed E-state index contributed by atoms with van der Waals surface area (Å²) in [5, 5.41) is 0. The normalized spacial score (nSPS) is 17.2. The number of rotatable bonds is 4. The van der Waals surface area contributed by atoms with Gasteiger partial charge in [0.05, 0.1) is 12.2 Å². The number of aryl methyl sites for hydroxylation is 1. The first kappa shape index (κ1) is 13.2. The van der Waals surface area contributed by atoms with E-state index in [4.69, 9.17) is 10.5 Å². The highest BCUT2D eigenvalue weighted by Gasteiger charge is 2.36. The molecule has 100 valence electrons. The van der Waals surface area contributed by atoms with Crippen LogP contribution in [-0.4, -0.2) is 25.2 Å². The summed E-state index contributed by atoms with van der Waals surface area (Å²) in [5.41, 5.74) is 8.14. The van der Waals surface area contributed by atoms with E-state index >= 15 is 0 Å². The first-order valence-corrected chi connectivity index (χ1v) is 6.89. The van der Waals surface area contributed by atoms with Crippen molar-refractivity contribution >= 4 is 5.69 Å². The Labute approximate surface area is 110 Å². The summed E-state index contributed by atoms with van der Waals surface area (Å²) < 4.78 is 6.27. The fraction of sp³-hybridized carbons (Fsp3) is 0.600. The van der Waals surface area contributed by atoms with Gasteiger partial charge in [-0.2, -0.15) is 0 Å². The third-order valence-electron chi connectivity index (χ3n) is 3.95. The van der Waals surface area contributed by atoms with Crippen molar-refractivity contribution in [3.63, 3.8) is 0 Å². The third-order valence-corrected chi connectivity index (χ3v) is 3.95. The van der Waals surface area contributed by atoms with Crippen molar-refractivity contribution in [2.24, 2.45) is 5.73 Å². The van der Waals surface area contributed by atoms with Gasteiger partial charge in [0.25, 0.3) is 0 Å². The van der Waals surface area contributed by atoms with Gasteiger partial charge in [0, 0.05) is 13.1 Å². The van der Waals surface area contributed by atoms with E-state index in [1.54, 1.807) is 0 Å². The van der Waals surface area contributed by atoms with Crippen molar-refractivity contribution in [2.45, 2.75) is 39.2 Å². The van der Waals surface area contributed by atoms with Gasteiger partial charge in [-0.15, -0.1) is 0 Å². The topological polar surface area (TPSA) is 38.5 Å². The van der Waals surface area contributed by atoms with Crippen molar-refractivity contribution < 1.29 is 4.74 Å². The molecular formula is C15H24N2O. The number of ether oxygens (including phenoxy) is 1. The van der Waals surface area contributed by atoms with Crippen LogP contribution in [0, 0.1) is 6.92 Å². The Morgan fingerprint density at radius 3 is 2.67 bits per heavy atom. The average Bonchev–Trinajstić information content (AvgIpc) is 2.39. The molecule has 2 N–H and O–H groups in total. The van der Waals surface area contributed by atoms with E-state index in [0.717, 1.165) is 31.7 Å². The van der Waals surface area contributed by atoms with E-state index in [1.807, 2.05) is 0 Å². The Kier molecular flexibility index (Phi) is 3.81. The standard InChI is InChI=1S/C15H24N2O/c1-4-15(5-2)11-17(9-8-16)13-10-12(3)6-7-14(13)18-15/h6-7,10H,4-5,8-9,11,16H2,1-3H3. The van der Waals surface area contributed by atoms with Gasteiger partial charge in [-0.3, -0.25) is 0 Å². The van der Waals surface area contributed by atoms with Crippen molar-refractivity contribution in [3.05, 3.63) is 23.8 Å². The lowest BCUT2D eigenvalue weighted by Crippen LogP contribution is -2.51. The van der Waals surface area contributed by atoms with Crippen LogP contribution in [0.2, 0.25) is 0 Å². The molecule has 0 unspecified atom stereocenters. The van der Waals surface area contributed by atoms with Gasteiger partial charge in [-0.25, -0.2) is 0 Å². The molecule has 0 atom stereocenters. The van der Waals surface area contributed by atoms with Crippen LogP contribution in [0.1, 0.15) is 32.3 Å². The molecule has 2 rings (SSSR count). The largest absolute Gasteiger partial charge is 0.483 e. The maximum atomic E-state index is 6.27. The van der Waals surface area contributed by atoms with E-state index < -0.39 is 0 Å². The van der Waals surface area contributed by atoms with Crippen molar-refractivity contribution in [1.82, 2.24) is 0 Å². The zero-order valence-corrected chi connectivity index (χ0v) is 11.7. The van der Waals surface area contributed by atoms with Crippen LogP contribution in [0.3, 0.4) is 0 Å². The molecule has 0 saturated heterocycles. The summed E-state index contributed by atoms with van der Waals surface area (Å²) >= 11 is 0. The number of nitrogens with zero attached hydrogens (tertiary/aromatic N) is 1. The molecule has 0 aromatic heterocycles. The second-order valence-corrected chi connectivity index (χ2v) is 5.17. The summed E-state index contributed by atoms with van der Waals surface area (Å²) in [4.78, 5) is 2.37. The second-order valence-electron chi connectivity index (χ2n) is 5.17. The van der Waals surface area contributed by atoms with E-state index in [-0.39, 0.29) is 5.60 Å². The van der Waals surface area contributed by atoms with Gasteiger partial charge < -0.3 is 15.4 Å². The summed E-state index contributed by atoms with van der Waals surface area (Å²) in [6, 6.07) is 6.40. The molecule has 0 bridgehead atoms. The molecular weight excluding hydrogens is 224 g/mol. The number of nitrogens with two attached hydrogens (primary N) is 1. The zero-order chi connectivity index (χ0) is 13.2.